The molecule has 0 atom stereocenters. The Morgan fingerprint density at radius 1 is 1.16 bits per heavy atom. The van der Waals surface area contributed by atoms with Gasteiger partial charge in [-0.3, -0.25) is 9.48 Å². The van der Waals surface area contributed by atoms with Crippen molar-refractivity contribution in [2.75, 3.05) is 23.3 Å². The highest BCUT2D eigenvalue weighted by molar-refractivity contribution is 6.09. The van der Waals surface area contributed by atoms with Crippen LogP contribution in [0.5, 0.6) is 0 Å². The number of rotatable bonds is 4. The number of benzene rings is 1. The Balaban J connectivity index is 1.76. The number of pyridine rings is 1. The number of alkyl halides is 2. The Morgan fingerprint density at radius 3 is 2.69 bits per heavy atom. The van der Waals surface area contributed by atoms with E-state index in [0.717, 1.165) is 16.7 Å². The first-order valence-electron chi connectivity index (χ1n) is 10.7. The van der Waals surface area contributed by atoms with Gasteiger partial charge in [-0.05, 0) is 49.6 Å². The summed E-state index contributed by atoms with van der Waals surface area (Å²) in [6.45, 7) is 4.36. The maximum absolute atomic E-state index is 14.0. The van der Waals surface area contributed by atoms with Crippen molar-refractivity contribution in [2.24, 2.45) is 7.05 Å². The van der Waals surface area contributed by atoms with Gasteiger partial charge in [0.05, 0.1) is 17.5 Å². The molecule has 0 unspecified atom stereocenters. The fourth-order valence-corrected chi connectivity index (χ4v) is 4.06. The van der Waals surface area contributed by atoms with Gasteiger partial charge in [-0.1, -0.05) is 12.1 Å². The van der Waals surface area contributed by atoms with Crippen molar-refractivity contribution < 1.29 is 13.6 Å². The van der Waals surface area contributed by atoms with E-state index in [1.807, 2.05) is 62.3 Å². The number of nitrogens with one attached hydrogen (secondary N) is 1. The predicted molar refractivity (Wildman–Crippen MR) is 121 cm³/mol. The highest BCUT2D eigenvalue weighted by atomic mass is 19.3. The van der Waals surface area contributed by atoms with Gasteiger partial charge in [0, 0.05) is 50.4 Å². The van der Waals surface area contributed by atoms with Crippen LogP contribution in [0.15, 0.2) is 42.7 Å². The van der Waals surface area contributed by atoms with Crippen LogP contribution in [0.4, 0.5) is 20.3 Å². The lowest BCUT2D eigenvalue weighted by Gasteiger charge is -2.25. The Morgan fingerprint density at radius 2 is 1.97 bits per heavy atom. The molecule has 1 fully saturated rings. The molecule has 0 saturated carbocycles. The second-order valence-corrected chi connectivity index (χ2v) is 8.45. The molecule has 0 radical (unpaired) electrons. The third-order valence-electron chi connectivity index (χ3n) is 5.72. The number of carbonyl (C=O) groups excluding carboxylic acids is 1. The molecule has 3 heterocycles. The second kappa shape index (κ2) is 8.68. The fraction of sp³-hybridized carbons (Fsp3) is 0.375. The third kappa shape index (κ3) is 4.79. The summed E-state index contributed by atoms with van der Waals surface area (Å²) in [5, 5.41) is 7.15. The zero-order chi connectivity index (χ0) is 22.9. The van der Waals surface area contributed by atoms with E-state index in [9.17, 15) is 13.6 Å². The minimum Gasteiger partial charge on any atom is -0.356 e. The summed E-state index contributed by atoms with van der Waals surface area (Å²) < 4.78 is 29.7. The van der Waals surface area contributed by atoms with Crippen molar-refractivity contribution in [1.82, 2.24) is 14.8 Å². The maximum atomic E-state index is 14.0. The minimum atomic E-state index is -2.70. The summed E-state index contributed by atoms with van der Waals surface area (Å²) >= 11 is 0. The number of amides is 1. The largest absolute Gasteiger partial charge is 0.356 e. The van der Waals surface area contributed by atoms with Crippen molar-refractivity contribution in [1.29, 1.82) is 0 Å². The molecular weight excluding hydrogens is 412 g/mol. The van der Waals surface area contributed by atoms with Gasteiger partial charge in [-0.15, -0.1) is 0 Å². The highest BCUT2D eigenvalue weighted by Gasteiger charge is 2.33. The second-order valence-electron chi connectivity index (χ2n) is 8.45. The van der Waals surface area contributed by atoms with Crippen molar-refractivity contribution in [3.05, 3.63) is 59.4 Å². The van der Waals surface area contributed by atoms with Crippen LogP contribution in [0.25, 0.3) is 11.3 Å². The number of anilines is 2. The van der Waals surface area contributed by atoms with Crippen molar-refractivity contribution >= 4 is 17.4 Å². The van der Waals surface area contributed by atoms with Crippen LogP contribution in [0.3, 0.4) is 0 Å². The van der Waals surface area contributed by atoms with E-state index in [-0.39, 0.29) is 25.3 Å². The van der Waals surface area contributed by atoms with Gasteiger partial charge in [-0.2, -0.15) is 5.10 Å². The molecule has 4 rings (SSSR count). The van der Waals surface area contributed by atoms with Crippen LogP contribution in [0.1, 0.15) is 40.7 Å². The summed E-state index contributed by atoms with van der Waals surface area (Å²) in [5.41, 5.74) is 4.31. The summed E-state index contributed by atoms with van der Waals surface area (Å²) in [5.74, 6) is -2.56. The van der Waals surface area contributed by atoms with Gasteiger partial charge in [0.1, 0.15) is 5.82 Å². The van der Waals surface area contributed by atoms with Gasteiger partial charge in [0.25, 0.3) is 5.91 Å². The zero-order valence-corrected chi connectivity index (χ0v) is 18.5. The van der Waals surface area contributed by atoms with Gasteiger partial charge < -0.3 is 10.2 Å². The lowest BCUT2D eigenvalue weighted by molar-refractivity contribution is -0.0102. The first-order valence-corrected chi connectivity index (χ1v) is 10.7. The van der Waals surface area contributed by atoms with E-state index >= 15 is 0 Å². The van der Waals surface area contributed by atoms with Crippen LogP contribution in [0.2, 0.25) is 0 Å². The lowest BCUT2D eigenvalue weighted by Crippen LogP contribution is -2.30. The topological polar surface area (TPSA) is 63.1 Å². The average molecular weight is 440 g/mol. The number of halogens is 2. The molecule has 0 aliphatic carbocycles. The highest BCUT2D eigenvalue weighted by Crippen LogP contribution is 2.33. The molecular formula is C24H27F2N5O. The molecule has 2 aromatic heterocycles. The lowest BCUT2D eigenvalue weighted by atomic mass is 10.0. The summed E-state index contributed by atoms with van der Waals surface area (Å²) in [4.78, 5) is 19.9. The first kappa shape index (κ1) is 21.9. The van der Waals surface area contributed by atoms with Gasteiger partial charge in [0.15, 0.2) is 0 Å². The van der Waals surface area contributed by atoms with E-state index < -0.39 is 5.92 Å². The Kier molecular flexibility index (Phi) is 5.95. The third-order valence-corrected chi connectivity index (χ3v) is 5.72. The van der Waals surface area contributed by atoms with Crippen molar-refractivity contribution in [3.8, 4) is 11.3 Å². The number of hydrogen-bond acceptors (Lipinski definition) is 4. The van der Waals surface area contributed by atoms with Crippen LogP contribution >= 0.6 is 0 Å². The monoisotopic (exact) mass is 439 g/mol. The van der Waals surface area contributed by atoms with Gasteiger partial charge >= 0.3 is 0 Å². The molecule has 1 aliphatic heterocycles. The predicted octanol–water partition coefficient (Wildman–Crippen LogP) is 4.98. The van der Waals surface area contributed by atoms with Crippen molar-refractivity contribution in [3.63, 3.8) is 0 Å². The van der Waals surface area contributed by atoms with Crippen LogP contribution in [-0.4, -0.2) is 39.7 Å². The van der Waals surface area contributed by atoms with E-state index in [1.165, 1.54) is 0 Å². The fourth-order valence-electron chi connectivity index (χ4n) is 4.06. The zero-order valence-electron chi connectivity index (χ0n) is 18.5. The molecule has 0 bridgehead atoms. The minimum absolute atomic E-state index is 0.140. The summed E-state index contributed by atoms with van der Waals surface area (Å²) in [6, 6.07) is 9.38. The van der Waals surface area contributed by atoms with Crippen LogP contribution in [0, 0.1) is 13.8 Å². The molecule has 3 aromatic rings. The smallest absolute Gasteiger partial charge is 0.259 e. The number of nitrogens with zero attached hydrogens (tertiary/aromatic N) is 4. The summed E-state index contributed by atoms with van der Waals surface area (Å²) in [7, 11) is 1.82. The molecule has 1 aliphatic rings. The molecule has 168 valence electrons. The van der Waals surface area contributed by atoms with Crippen LogP contribution in [-0.2, 0) is 7.05 Å². The average Bonchev–Trinajstić information content (AvgIpc) is 3.07. The molecule has 1 N–H and O–H groups in total. The van der Waals surface area contributed by atoms with E-state index in [4.69, 9.17) is 4.98 Å². The summed E-state index contributed by atoms with van der Waals surface area (Å²) in [6.07, 6.45) is 3.46. The number of aryl methyl sites for hydroxylation is 3. The van der Waals surface area contributed by atoms with Gasteiger partial charge in [-0.25, -0.2) is 13.8 Å². The number of hydrogen-bond donors (Lipinski definition) is 1. The van der Waals surface area contributed by atoms with E-state index in [2.05, 4.69) is 10.4 Å². The molecule has 0 spiro atoms. The molecule has 1 amide bonds. The van der Waals surface area contributed by atoms with E-state index in [0.29, 0.717) is 35.7 Å². The Bertz CT molecular complexity index is 1140. The van der Waals surface area contributed by atoms with Crippen LogP contribution < -0.4 is 10.2 Å². The normalized spacial score (nSPS) is 16.0. The molecule has 32 heavy (non-hydrogen) atoms. The molecule has 8 heteroatoms. The standard InChI is InChI=1S/C24H27F2N5O/c1-16-6-4-7-19(12-16)28-23(32)21-17(2)13-20(18-14-27-30(3)15-18)29-22(21)31-10-5-8-24(25,26)9-11-31/h4,6-7,12-15H,5,8-11H2,1-3H3,(H,28,32). The molecule has 1 saturated heterocycles. The Hall–Kier alpha value is -3.29. The van der Waals surface area contributed by atoms with Crippen molar-refractivity contribution in [2.45, 2.75) is 39.0 Å². The maximum Gasteiger partial charge on any atom is 0.259 e. The number of aromatic nitrogens is 3. The number of carbonyl (C=O) groups is 1. The molecule has 1 aromatic carbocycles. The SMILES string of the molecule is Cc1cccc(NC(=O)c2c(C)cc(-c3cnn(C)c3)nc2N2CCCC(F)(F)CC2)c1. The van der Waals surface area contributed by atoms with Gasteiger partial charge in [0.2, 0.25) is 5.92 Å². The first-order chi connectivity index (χ1) is 15.2. The molecule has 6 nitrogen and oxygen atoms in total. The quantitative estimate of drug-likeness (QED) is 0.623. The van der Waals surface area contributed by atoms with E-state index in [1.54, 1.807) is 10.9 Å². The Labute approximate surface area is 186 Å².